The van der Waals surface area contributed by atoms with Gasteiger partial charge in [-0.1, -0.05) is 11.6 Å². The van der Waals surface area contributed by atoms with E-state index in [0.717, 1.165) is 10.6 Å². The van der Waals surface area contributed by atoms with Crippen molar-refractivity contribution in [1.82, 2.24) is 25.0 Å². The summed E-state index contributed by atoms with van der Waals surface area (Å²) in [6.07, 6.45) is -4.60. The molecule has 9 nitrogen and oxygen atoms in total. The first kappa shape index (κ1) is 24.2. The summed E-state index contributed by atoms with van der Waals surface area (Å²) >= 11 is 5.60. The van der Waals surface area contributed by atoms with Gasteiger partial charge in [0.15, 0.2) is 12.4 Å². The van der Waals surface area contributed by atoms with Crippen LogP contribution in [-0.4, -0.2) is 63.4 Å². The molecule has 2 aromatic rings. The van der Waals surface area contributed by atoms with E-state index in [4.69, 9.17) is 21.1 Å². The maximum atomic E-state index is 13.4. The lowest BCUT2D eigenvalue weighted by Crippen LogP contribution is -2.50. The molecular formula is C20H20ClF4N5O4. The van der Waals surface area contributed by atoms with Gasteiger partial charge in [0, 0.05) is 19.2 Å². The van der Waals surface area contributed by atoms with Gasteiger partial charge in [0.25, 0.3) is 11.8 Å². The first-order chi connectivity index (χ1) is 16.1. The van der Waals surface area contributed by atoms with Crippen molar-refractivity contribution in [3.63, 3.8) is 0 Å². The van der Waals surface area contributed by atoms with E-state index >= 15 is 0 Å². The summed E-state index contributed by atoms with van der Waals surface area (Å²) in [6, 6.07) is 3.48. The van der Waals surface area contributed by atoms with Crippen LogP contribution in [0.5, 0.6) is 5.75 Å². The van der Waals surface area contributed by atoms with E-state index in [-0.39, 0.29) is 61.4 Å². The van der Waals surface area contributed by atoms with Gasteiger partial charge in [-0.3, -0.25) is 9.59 Å². The highest BCUT2D eigenvalue weighted by atomic mass is 35.5. The molecule has 2 atom stereocenters. The van der Waals surface area contributed by atoms with Crippen LogP contribution in [0.15, 0.2) is 18.2 Å². The van der Waals surface area contributed by atoms with Crippen LogP contribution in [0.1, 0.15) is 24.5 Å². The van der Waals surface area contributed by atoms with Crippen LogP contribution in [0.4, 0.5) is 17.6 Å². The Morgan fingerprint density at radius 2 is 2.03 bits per heavy atom. The molecule has 1 aromatic carbocycles. The predicted molar refractivity (Wildman–Crippen MR) is 108 cm³/mol. The third-order valence-corrected chi connectivity index (χ3v) is 5.80. The van der Waals surface area contributed by atoms with Crippen LogP contribution in [-0.2, 0) is 33.6 Å². The van der Waals surface area contributed by atoms with Gasteiger partial charge >= 0.3 is 6.18 Å². The Hall–Kier alpha value is -2.93. The Morgan fingerprint density at radius 3 is 2.71 bits per heavy atom. The van der Waals surface area contributed by atoms with Crippen molar-refractivity contribution in [2.45, 2.75) is 44.3 Å². The molecule has 184 valence electrons. The van der Waals surface area contributed by atoms with Crippen LogP contribution in [0, 0.1) is 5.82 Å². The Balaban J connectivity index is 1.23. The minimum atomic E-state index is -4.61. The predicted octanol–water partition coefficient (Wildman–Crippen LogP) is 2.17. The molecule has 1 saturated heterocycles. The summed E-state index contributed by atoms with van der Waals surface area (Å²) in [4.78, 5) is 26.3. The number of carbonyl (C=O) groups is 2. The molecule has 2 aliphatic rings. The summed E-state index contributed by atoms with van der Waals surface area (Å²) in [7, 11) is 0. The zero-order valence-electron chi connectivity index (χ0n) is 17.6. The van der Waals surface area contributed by atoms with Crippen LogP contribution in [0.3, 0.4) is 0 Å². The summed E-state index contributed by atoms with van der Waals surface area (Å²) in [5.74, 6) is -2.31. The second kappa shape index (κ2) is 9.74. The van der Waals surface area contributed by atoms with Crippen LogP contribution in [0.2, 0.25) is 5.02 Å². The molecule has 3 heterocycles. The van der Waals surface area contributed by atoms with Crippen LogP contribution in [0.25, 0.3) is 0 Å². The fraction of sp³-hybridized carbons (Fsp3) is 0.500. The standard InChI is InChI=1S/C20H20ClF4N5O4/c21-13-3-2-12(7-14(13)22)33-10-17(31)26-11-1-4-15(34-9-11)18(32)29-5-6-30-16(8-29)27-28-19(30)20(23,24)25/h2-3,7,11,15H,1,4-6,8-10H2,(H,26,31). The molecule has 1 N–H and O–H groups in total. The molecule has 0 spiro atoms. The minimum absolute atomic E-state index is 0.0576. The second-order valence-corrected chi connectivity index (χ2v) is 8.28. The zero-order valence-corrected chi connectivity index (χ0v) is 18.4. The van der Waals surface area contributed by atoms with Crippen molar-refractivity contribution in [3.05, 3.63) is 40.7 Å². The van der Waals surface area contributed by atoms with E-state index in [2.05, 4.69) is 15.5 Å². The monoisotopic (exact) mass is 505 g/mol. The Morgan fingerprint density at radius 1 is 1.24 bits per heavy atom. The number of ether oxygens (including phenoxy) is 2. The lowest BCUT2D eigenvalue weighted by Gasteiger charge is -2.34. The van der Waals surface area contributed by atoms with Crippen LogP contribution >= 0.6 is 11.6 Å². The zero-order chi connectivity index (χ0) is 24.5. The fourth-order valence-electron chi connectivity index (χ4n) is 3.80. The van der Waals surface area contributed by atoms with Gasteiger partial charge in [0.2, 0.25) is 5.82 Å². The van der Waals surface area contributed by atoms with E-state index in [0.29, 0.717) is 12.8 Å². The number of benzene rings is 1. The summed E-state index contributed by atoms with van der Waals surface area (Å²) in [6.45, 7) is -0.333. The van der Waals surface area contributed by atoms with Crippen molar-refractivity contribution >= 4 is 23.4 Å². The van der Waals surface area contributed by atoms with Crippen molar-refractivity contribution in [1.29, 1.82) is 0 Å². The first-order valence-corrected chi connectivity index (χ1v) is 10.8. The normalized spacial score (nSPS) is 20.6. The molecular weight excluding hydrogens is 486 g/mol. The molecule has 0 bridgehead atoms. The van der Waals surface area contributed by atoms with Gasteiger partial charge < -0.3 is 24.3 Å². The smallest absolute Gasteiger partial charge is 0.451 e. The average molecular weight is 506 g/mol. The van der Waals surface area contributed by atoms with E-state index in [1.54, 1.807) is 0 Å². The second-order valence-electron chi connectivity index (χ2n) is 7.88. The molecule has 0 aliphatic carbocycles. The molecule has 1 fully saturated rings. The van der Waals surface area contributed by atoms with Crippen molar-refractivity contribution in [2.24, 2.45) is 0 Å². The van der Waals surface area contributed by atoms with E-state index in [1.165, 1.54) is 17.0 Å². The van der Waals surface area contributed by atoms with Crippen molar-refractivity contribution in [2.75, 3.05) is 19.8 Å². The molecule has 1 aromatic heterocycles. The highest BCUT2D eigenvalue weighted by molar-refractivity contribution is 6.30. The third kappa shape index (κ3) is 5.41. The summed E-state index contributed by atoms with van der Waals surface area (Å²) in [5.41, 5.74) is 0. The number of fused-ring (bicyclic) bond motifs is 1. The molecule has 2 amide bonds. The number of rotatable bonds is 5. The summed E-state index contributed by atoms with van der Waals surface area (Å²) < 4.78 is 64.1. The Kier molecular flexibility index (Phi) is 6.94. The summed E-state index contributed by atoms with van der Waals surface area (Å²) in [5, 5.41) is 9.43. The number of halogens is 5. The molecule has 34 heavy (non-hydrogen) atoms. The van der Waals surface area contributed by atoms with Crippen molar-refractivity contribution < 1.29 is 36.6 Å². The molecule has 4 rings (SSSR count). The topological polar surface area (TPSA) is 98.6 Å². The number of hydrogen-bond acceptors (Lipinski definition) is 6. The molecule has 14 heteroatoms. The largest absolute Gasteiger partial charge is 0.484 e. The van der Waals surface area contributed by atoms with Gasteiger partial charge in [-0.15, -0.1) is 10.2 Å². The third-order valence-electron chi connectivity index (χ3n) is 5.50. The minimum Gasteiger partial charge on any atom is -0.484 e. The Labute approximate surface area is 196 Å². The molecule has 0 radical (unpaired) electrons. The molecule has 2 unspecified atom stereocenters. The fourth-order valence-corrected chi connectivity index (χ4v) is 3.92. The number of nitrogens with zero attached hydrogens (tertiary/aromatic N) is 4. The van der Waals surface area contributed by atoms with Crippen molar-refractivity contribution in [3.8, 4) is 5.75 Å². The lowest BCUT2D eigenvalue weighted by molar-refractivity contribution is -0.151. The number of hydrogen-bond donors (Lipinski definition) is 1. The number of nitrogens with one attached hydrogen (secondary N) is 1. The SMILES string of the molecule is O=C(COc1ccc(Cl)c(F)c1)NC1CCC(C(=O)N2CCn3c(nnc3C(F)(F)F)C2)OC1. The van der Waals surface area contributed by atoms with E-state index in [1.807, 2.05) is 0 Å². The van der Waals surface area contributed by atoms with E-state index in [9.17, 15) is 27.2 Å². The number of alkyl halides is 3. The van der Waals surface area contributed by atoms with Gasteiger partial charge in [0.05, 0.1) is 24.2 Å². The Bertz CT molecular complexity index is 1070. The van der Waals surface area contributed by atoms with Gasteiger partial charge in [-0.25, -0.2) is 4.39 Å². The maximum Gasteiger partial charge on any atom is 0.451 e. The number of amides is 2. The van der Waals surface area contributed by atoms with Gasteiger partial charge in [-0.2, -0.15) is 13.2 Å². The highest BCUT2D eigenvalue weighted by Crippen LogP contribution is 2.30. The lowest BCUT2D eigenvalue weighted by atomic mass is 10.0. The van der Waals surface area contributed by atoms with E-state index < -0.39 is 29.8 Å². The molecule has 0 saturated carbocycles. The van der Waals surface area contributed by atoms with Crippen LogP contribution < -0.4 is 10.1 Å². The van der Waals surface area contributed by atoms with Gasteiger partial charge in [0.1, 0.15) is 17.7 Å². The number of carbonyl (C=O) groups excluding carboxylic acids is 2. The maximum absolute atomic E-state index is 13.4. The number of aromatic nitrogens is 3. The quantitative estimate of drug-likeness (QED) is 0.626. The first-order valence-electron chi connectivity index (χ1n) is 10.4. The van der Waals surface area contributed by atoms with Gasteiger partial charge in [-0.05, 0) is 25.0 Å². The average Bonchev–Trinajstić information content (AvgIpc) is 3.24. The molecule has 2 aliphatic heterocycles. The highest BCUT2D eigenvalue weighted by Gasteiger charge is 2.40.